The van der Waals surface area contributed by atoms with Gasteiger partial charge in [-0.2, -0.15) is 8.42 Å². The van der Waals surface area contributed by atoms with Crippen molar-refractivity contribution in [3.8, 4) is 5.75 Å². The number of anilines is 5. The first-order valence-electron chi connectivity index (χ1n) is 34.1. The van der Waals surface area contributed by atoms with Gasteiger partial charge in [0.2, 0.25) is 5.43 Å². The molecule has 94 heavy (non-hydrogen) atoms. The van der Waals surface area contributed by atoms with Crippen molar-refractivity contribution in [2.24, 2.45) is 10.8 Å². The summed E-state index contributed by atoms with van der Waals surface area (Å²) >= 11 is 0. The highest BCUT2D eigenvalue weighted by atomic mass is 32.2. The molecule has 7 N–H and O–H groups in total. The number of aromatic carboxylic acids is 1. The van der Waals surface area contributed by atoms with Crippen LogP contribution in [0.15, 0.2) is 174 Å². The molecule has 20 nitrogen and oxygen atoms in total. The second-order valence-corrected chi connectivity index (χ2v) is 26.6. The van der Waals surface area contributed by atoms with Crippen LogP contribution in [0.25, 0.3) is 10.4 Å². The average molecular weight is 1310 g/mol. The number of aliphatic hydroxyl groups is 2. The Morgan fingerprint density at radius 1 is 0.553 bits per heavy atom. The molecular weight excluding hydrogens is 1210 g/mol. The number of benzene rings is 5. The number of azide groups is 1. The Bertz CT molecular complexity index is 3240. The van der Waals surface area contributed by atoms with Crippen LogP contribution in [0.2, 0.25) is 0 Å². The Morgan fingerprint density at radius 3 is 1.32 bits per heavy atom. The number of carbonyl (C=O) groups is 1. The van der Waals surface area contributed by atoms with Crippen molar-refractivity contribution in [1.82, 2.24) is 9.88 Å². The smallest absolute Gasteiger partial charge is 0.341 e. The van der Waals surface area contributed by atoms with Gasteiger partial charge in [-0.3, -0.25) is 8.98 Å². The van der Waals surface area contributed by atoms with E-state index in [1.165, 1.54) is 87.2 Å². The summed E-state index contributed by atoms with van der Waals surface area (Å²) < 4.78 is 28.7. The predicted octanol–water partition coefficient (Wildman–Crippen LogP) is 11.9. The fourth-order valence-corrected chi connectivity index (χ4v) is 13.7. The molecule has 0 bridgehead atoms. The summed E-state index contributed by atoms with van der Waals surface area (Å²) in [6, 6.07) is 53.5. The van der Waals surface area contributed by atoms with Crippen molar-refractivity contribution >= 4 is 44.5 Å². The molecule has 0 aliphatic carbocycles. The molecular formula is C73H103N11O9S. The van der Waals surface area contributed by atoms with E-state index in [-0.39, 0.29) is 25.3 Å². The molecule has 0 amide bonds. The summed E-state index contributed by atoms with van der Waals surface area (Å²) in [5.41, 5.74) is 19.0. The van der Waals surface area contributed by atoms with Crippen LogP contribution in [0.1, 0.15) is 126 Å². The molecule has 6 atom stereocenters. The number of para-hydroxylation sites is 5. The highest BCUT2D eigenvalue weighted by molar-refractivity contribution is 7.86. The fraction of sp³-hybridized carbons (Fsp3) is 0.507. The maximum atomic E-state index is 11.7. The normalized spacial score (nSPS) is 21.2. The second-order valence-electron chi connectivity index (χ2n) is 24.9. The van der Waals surface area contributed by atoms with E-state index in [9.17, 15) is 28.2 Å². The minimum absolute atomic E-state index is 0.149. The van der Waals surface area contributed by atoms with E-state index in [1.807, 2.05) is 48.5 Å². The van der Waals surface area contributed by atoms with Crippen molar-refractivity contribution < 1.29 is 37.8 Å². The molecule has 1 aromatic heterocycles. The zero-order chi connectivity index (χ0) is 66.8. The molecule has 6 aliphatic heterocycles. The molecule has 6 unspecified atom stereocenters. The zero-order valence-corrected chi connectivity index (χ0v) is 55.9. The summed E-state index contributed by atoms with van der Waals surface area (Å²) in [5, 5.41) is 43.7. The van der Waals surface area contributed by atoms with Gasteiger partial charge in [-0.25, -0.2) is 4.79 Å². The molecule has 5 aromatic carbocycles. The molecule has 6 aliphatic rings. The fourth-order valence-electron chi connectivity index (χ4n) is 13.3. The van der Waals surface area contributed by atoms with E-state index >= 15 is 0 Å². The molecule has 0 spiro atoms. The van der Waals surface area contributed by atoms with Crippen LogP contribution < -0.4 is 41.0 Å². The number of nitrogens with one attached hydrogen (secondary N) is 1. The van der Waals surface area contributed by atoms with Crippen LogP contribution in [-0.4, -0.2) is 154 Å². The summed E-state index contributed by atoms with van der Waals surface area (Å²) in [6.07, 6.45) is 24.9. The zero-order valence-electron chi connectivity index (χ0n) is 55.1. The quantitative estimate of drug-likeness (QED) is 0.0228. The average Bonchev–Trinajstić information content (AvgIpc) is 1.26. The van der Waals surface area contributed by atoms with E-state index in [0.717, 1.165) is 121 Å². The lowest BCUT2D eigenvalue weighted by Gasteiger charge is -2.38. The number of pyridine rings is 1. The Labute approximate surface area is 557 Å². The van der Waals surface area contributed by atoms with E-state index in [4.69, 9.17) is 25.7 Å². The van der Waals surface area contributed by atoms with Crippen molar-refractivity contribution in [1.29, 1.82) is 0 Å². The minimum Gasteiger partial charge on any atom is -0.503 e. The van der Waals surface area contributed by atoms with Gasteiger partial charge in [0.1, 0.15) is 5.56 Å². The molecule has 6 aromatic rings. The Balaban J connectivity index is 0.000000163. The number of aromatic hydroxyl groups is 1. The summed E-state index contributed by atoms with van der Waals surface area (Å²) in [7, 11) is -3.36. The highest BCUT2D eigenvalue weighted by Gasteiger charge is 2.27. The number of hydrogen-bond acceptors (Lipinski definition) is 16. The van der Waals surface area contributed by atoms with Gasteiger partial charge in [0.15, 0.2) is 5.75 Å². The Hall–Kier alpha value is -7.62. The van der Waals surface area contributed by atoms with E-state index in [1.54, 1.807) is 4.57 Å². The number of hydrogen-bond donors (Lipinski definition) is 6. The number of piperidine rings is 6. The van der Waals surface area contributed by atoms with Gasteiger partial charge < -0.3 is 60.5 Å². The molecule has 12 rings (SSSR count). The topological polar surface area (TPSA) is 266 Å². The van der Waals surface area contributed by atoms with Crippen LogP contribution in [0.5, 0.6) is 5.75 Å². The van der Waals surface area contributed by atoms with E-state index in [0.29, 0.717) is 43.9 Å². The van der Waals surface area contributed by atoms with Gasteiger partial charge in [-0.1, -0.05) is 103 Å². The van der Waals surface area contributed by atoms with Crippen LogP contribution in [0.4, 0.5) is 28.4 Å². The van der Waals surface area contributed by atoms with Crippen molar-refractivity contribution in [2.45, 2.75) is 158 Å². The summed E-state index contributed by atoms with van der Waals surface area (Å²) in [4.78, 5) is 37.4. The van der Waals surface area contributed by atoms with Crippen LogP contribution >= 0.6 is 0 Å². The third kappa shape index (κ3) is 24.3. The van der Waals surface area contributed by atoms with Gasteiger partial charge in [0.25, 0.3) is 10.1 Å². The van der Waals surface area contributed by atoms with Gasteiger partial charge >= 0.3 is 5.97 Å². The molecule has 7 heterocycles. The van der Waals surface area contributed by atoms with Crippen molar-refractivity contribution in [2.75, 3.05) is 103 Å². The largest absolute Gasteiger partial charge is 0.503 e. The first-order valence-corrected chi connectivity index (χ1v) is 35.9. The van der Waals surface area contributed by atoms with Crippen LogP contribution in [0, 0.1) is 0 Å². The van der Waals surface area contributed by atoms with Gasteiger partial charge in [0, 0.05) is 122 Å². The molecule has 6 saturated heterocycles. The monoisotopic (exact) mass is 1310 g/mol. The third-order valence-electron chi connectivity index (χ3n) is 18.2. The number of nitrogens with zero attached hydrogens (tertiary/aromatic N) is 9. The van der Waals surface area contributed by atoms with E-state index in [2.05, 4.69) is 143 Å². The van der Waals surface area contributed by atoms with Gasteiger partial charge in [-0.15, -0.1) is 0 Å². The molecule has 21 heteroatoms. The first kappa shape index (κ1) is 73.8. The lowest BCUT2D eigenvalue weighted by Crippen LogP contribution is -2.44. The molecule has 0 saturated carbocycles. The van der Waals surface area contributed by atoms with Crippen LogP contribution in [0.3, 0.4) is 0 Å². The second kappa shape index (κ2) is 40.6. The lowest BCUT2D eigenvalue weighted by atomic mass is 10.0. The minimum atomic E-state index is -3.36. The number of nitrogens with two attached hydrogens (primary N) is 1. The summed E-state index contributed by atoms with van der Waals surface area (Å²) in [6.45, 7) is 8.97. The Kier molecular flexibility index (Phi) is 31.9. The maximum Gasteiger partial charge on any atom is 0.341 e. The standard InChI is InChI=1S/C18H20N2O4.C13H19NO3S.C12H16N4.C12H18N2.C12H17NO.C6H13NO/c21-16-12-19(11-15(17(16)22)18(23)24)10-14-8-4-5-9-20(14)13-6-2-1-3-7-13;1-18(15,16)17-11-13-9-5-6-10-14(13)12-7-3-2-4-8-12;13-15-14-10-12-8-4-5-9-16(12)11-6-2-1-3-7-11;13-10-12-8-4-5-9-14(12)11-6-2-1-3-7-11;14-10-12-8-4-5-9-13(12)11-6-2-1-3-7-11;8-5-6-3-1-2-4-7-6/h1-3,6-7,11-12,14,21H,4-5,8-10H2,(H,23,24);2-4,7-8,13H,5-6,9-11H2,1H3;1-3,6-7,12H,4-5,8-10H2;1-3,6-7,12H,4-5,8-10,13H2;1-3,6-7,12,14H,4-5,8-10H2;6-8H,1-5H2. The molecule has 6 fully saturated rings. The summed E-state index contributed by atoms with van der Waals surface area (Å²) in [5.74, 6) is -1.86. The maximum absolute atomic E-state index is 11.7. The number of carboxylic acid groups (broad SMARTS) is 1. The van der Waals surface area contributed by atoms with Gasteiger partial charge in [0.05, 0.1) is 38.2 Å². The number of aromatic nitrogens is 1. The van der Waals surface area contributed by atoms with Crippen molar-refractivity contribution in [3.63, 3.8) is 0 Å². The van der Waals surface area contributed by atoms with Crippen molar-refractivity contribution in [3.05, 3.63) is 190 Å². The Morgan fingerprint density at radius 2 is 0.936 bits per heavy atom. The van der Waals surface area contributed by atoms with Gasteiger partial charge in [-0.05, 0) is 182 Å². The first-order chi connectivity index (χ1) is 45.8. The number of carboxylic acids is 1. The SMILES string of the molecule is CS(=O)(=O)OCC1CCCCN1c1ccccc1.NCC1CCCCN1c1ccccc1.O=C(O)c1cn(CC2CCCCN2c2ccccc2)cc(O)c1=O.OCC1CCCCN1.OCC1CCCCN1c1ccccc1.[N-]=[N+]=NCC1CCCCN1c1ccccc1. The highest BCUT2D eigenvalue weighted by Crippen LogP contribution is 2.30. The van der Waals surface area contributed by atoms with E-state index < -0.39 is 32.8 Å². The predicted molar refractivity (Wildman–Crippen MR) is 380 cm³/mol. The third-order valence-corrected chi connectivity index (χ3v) is 18.8. The number of rotatable bonds is 16. The van der Waals surface area contributed by atoms with Crippen LogP contribution in [-0.2, 0) is 20.8 Å². The molecule has 510 valence electrons. The number of aliphatic hydroxyl groups excluding tert-OH is 2. The molecule has 0 radical (unpaired) electrons. The lowest BCUT2D eigenvalue weighted by molar-refractivity contribution is 0.0693.